The zero-order valence-corrected chi connectivity index (χ0v) is 13.3. The fourth-order valence-corrected chi connectivity index (χ4v) is 3.99. The maximum Gasteiger partial charge on any atom is 0.0223 e. The van der Waals surface area contributed by atoms with Crippen LogP contribution < -0.4 is 5.32 Å². The lowest BCUT2D eigenvalue weighted by atomic mass is 9.77. The van der Waals surface area contributed by atoms with E-state index in [2.05, 4.69) is 31.0 Å². The summed E-state index contributed by atoms with van der Waals surface area (Å²) in [5, 5.41) is 3.65. The molecule has 0 aromatic carbocycles. The zero-order valence-electron chi connectivity index (χ0n) is 13.3. The fraction of sp³-hybridized carbons (Fsp3) is 1.00. The first-order chi connectivity index (χ1) is 9.22. The van der Waals surface area contributed by atoms with Crippen LogP contribution in [0.25, 0.3) is 0 Å². The van der Waals surface area contributed by atoms with E-state index in [9.17, 15) is 0 Å². The largest absolute Gasteiger partial charge is 0.315 e. The highest BCUT2D eigenvalue weighted by atomic mass is 15.2. The maximum atomic E-state index is 3.65. The van der Waals surface area contributed by atoms with E-state index in [0.29, 0.717) is 0 Å². The molecule has 1 aliphatic heterocycles. The van der Waals surface area contributed by atoms with Crippen LogP contribution >= 0.6 is 0 Å². The second kappa shape index (κ2) is 7.64. The normalized spacial score (nSPS) is 37.4. The van der Waals surface area contributed by atoms with Crippen LogP contribution in [0.5, 0.6) is 0 Å². The SMILES string of the molecule is CCCNCC1CCCCN1C1CCC(C)C(C)C1. The minimum Gasteiger partial charge on any atom is -0.315 e. The van der Waals surface area contributed by atoms with Gasteiger partial charge in [-0.1, -0.05) is 27.2 Å². The Morgan fingerprint density at radius 2 is 1.89 bits per heavy atom. The van der Waals surface area contributed by atoms with Crippen molar-refractivity contribution in [2.75, 3.05) is 19.6 Å². The second-order valence-electron chi connectivity index (χ2n) is 7.01. The number of nitrogens with zero attached hydrogens (tertiary/aromatic N) is 1. The summed E-state index contributed by atoms with van der Waals surface area (Å²) < 4.78 is 0. The highest BCUT2D eigenvalue weighted by Crippen LogP contribution is 2.34. The minimum absolute atomic E-state index is 0.811. The molecule has 2 rings (SSSR count). The standard InChI is InChI=1S/C17H34N2/c1-4-10-18-13-17-7-5-6-11-19(17)16-9-8-14(2)15(3)12-16/h14-18H,4-13H2,1-3H3. The van der Waals surface area contributed by atoms with Crippen molar-refractivity contribution < 1.29 is 0 Å². The van der Waals surface area contributed by atoms with Crippen molar-refractivity contribution in [3.63, 3.8) is 0 Å². The molecule has 2 fully saturated rings. The molecule has 19 heavy (non-hydrogen) atoms. The number of nitrogens with one attached hydrogen (secondary N) is 1. The second-order valence-corrected chi connectivity index (χ2v) is 7.01. The van der Waals surface area contributed by atoms with Crippen LogP contribution in [0.3, 0.4) is 0 Å². The van der Waals surface area contributed by atoms with Crippen LogP contribution in [-0.2, 0) is 0 Å². The fourth-order valence-electron chi connectivity index (χ4n) is 3.99. The average Bonchev–Trinajstić information content (AvgIpc) is 2.43. The van der Waals surface area contributed by atoms with Gasteiger partial charge in [-0.15, -0.1) is 0 Å². The van der Waals surface area contributed by atoms with Gasteiger partial charge < -0.3 is 5.32 Å². The number of likely N-dealkylation sites (tertiary alicyclic amines) is 1. The molecule has 1 N–H and O–H groups in total. The zero-order chi connectivity index (χ0) is 13.7. The van der Waals surface area contributed by atoms with Gasteiger partial charge in [-0.25, -0.2) is 0 Å². The molecule has 0 bridgehead atoms. The molecule has 2 nitrogen and oxygen atoms in total. The van der Waals surface area contributed by atoms with Gasteiger partial charge in [-0.3, -0.25) is 4.90 Å². The number of rotatable bonds is 5. The first-order valence-electron chi connectivity index (χ1n) is 8.68. The lowest BCUT2D eigenvalue weighted by Gasteiger charge is -2.45. The number of hydrogen-bond acceptors (Lipinski definition) is 2. The van der Waals surface area contributed by atoms with Gasteiger partial charge in [0.1, 0.15) is 0 Å². The first kappa shape index (κ1) is 15.3. The molecule has 1 saturated heterocycles. The monoisotopic (exact) mass is 266 g/mol. The Labute approximate surface area is 120 Å². The molecule has 4 atom stereocenters. The lowest BCUT2D eigenvalue weighted by Crippen LogP contribution is -2.52. The van der Waals surface area contributed by atoms with E-state index in [4.69, 9.17) is 0 Å². The van der Waals surface area contributed by atoms with E-state index >= 15 is 0 Å². The van der Waals surface area contributed by atoms with Gasteiger partial charge in [0.25, 0.3) is 0 Å². The summed E-state index contributed by atoms with van der Waals surface area (Å²) in [5.41, 5.74) is 0. The molecule has 112 valence electrons. The van der Waals surface area contributed by atoms with Crippen molar-refractivity contribution in [1.29, 1.82) is 0 Å². The van der Waals surface area contributed by atoms with Crippen LogP contribution in [0.2, 0.25) is 0 Å². The molecule has 1 saturated carbocycles. The number of hydrogen-bond donors (Lipinski definition) is 1. The van der Waals surface area contributed by atoms with Crippen LogP contribution in [0, 0.1) is 11.8 Å². The van der Waals surface area contributed by atoms with Crippen molar-refractivity contribution in [2.45, 2.75) is 77.8 Å². The Morgan fingerprint density at radius 3 is 2.63 bits per heavy atom. The highest BCUT2D eigenvalue weighted by molar-refractivity contribution is 4.88. The van der Waals surface area contributed by atoms with Gasteiger partial charge >= 0.3 is 0 Å². The summed E-state index contributed by atoms with van der Waals surface area (Å²) in [5.74, 6) is 1.86. The Morgan fingerprint density at radius 1 is 1.05 bits per heavy atom. The molecular formula is C17H34N2. The average molecular weight is 266 g/mol. The predicted molar refractivity (Wildman–Crippen MR) is 83.5 cm³/mol. The summed E-state index contributed by atoms with van der Waals surface area (Å²) in [4.78, 5) is 2.87. The maximum absolute atomic E-state index is 3.65. The van der Waals surface area contributed by atoms with Crippen molar-refractivity contribution in [1.82, 2.24) is 10.2 Å². The van der Waals surface area contributed by atoms with Gasteiger partial charge in [0, 0.05) is 18.6 Å². The third kappa shape index (κ3) is 4.19. The van der Waals surface area contributed by atoms with Crippen LogP contribution in [0.15, 0.2) is 0 Å². The van der Waals surface area contributed by atoms with Crippen molar-refractivity contribution in [2.24, 2.45) is 11.8 Å². The van der Waals surface area contributed by atoms with Gasteiger partial charge in [0.05, 0.1) is 0 Å². The van der Waals surface area contributed by atoms with Crippen molar-refractivity contribution in [3.8, 4) is 0 Å². The van der Waals surface area contributed by atoms with Crippen LogP contribution in [0.4, 0.5) is 0 Å². The molecule has 2 heteroatoms. The molecule has 0 amide bonds. The van der Waals surface area contributed by atoms with Gasteiger partial charge in [-0.2, -0.15) is 0 Å². The highest BCUT2D eigenvalue weighted by Gasteiger charge is 2.33. The van der Waals surface area contributed by atoms with Crippen LogP contribution in [-0.4, -0.2) is 36.6 Å². The summed E-state index contributed by atoms with van der Waals surface area (Å²) in [6, 6.07) is 1.69. The molecule has 0 aromatic rings. The van der Waals surface area contributed by atoms with E-state index in [1.807, 2.05) is 0 Å². The van der Waals surface area contributed by atoms with E-state index in [-0.39, 0.29) is 0 Å². The van der Waals surface area contributed by atoms with E-state index in [0.717, 1.165) is 23.9 Å². The Balaban J connectivity index is 1.87. The summed E-state index contributed by atoms with van der Waals surface area (Å²) >= 11 is 0. The smallest absolute Gasteiger partial charge is 0.0223 e. The van der Waals surface area contributed by atoms with E-state index < -0.39 is 0 Å². The van der Waals surface area contributed by atoms with E-state index in [1.54, 1.807) is 0 Å². The van der Waals surface area contributed by atoms with Gasteiger partial charge in [0.2, 0.25) is 0 Å². The molecule has 0 aromatic heterocycles. The minimum atomic E-state index is 0.811. The molecule has 4 unspecified atom stereocenters. The third-order valence-corrected chi connectivity index (χ3v) is 5.52. The lowest BCUT2D eigenvalue weighted by molar-refractivity contribution is 0.0475. The predicted octanol–water partition coefficient (Wildman–Crippen LogP) is 3.67. The molecule has 1 heterocycles. The van der Waals surface area contributed by atoms with Crippen molar-refractivity contribution >= 4 is 0 Å². The quantitative estimate of drug-likeness (QED) is 0.764. The molecular weight excluding hydrogens is 232 g/mol. The Bertz CT molecular complexity index is 254. The summed E-state index contributed by atoms with van der Waals surface area (Å²) in [7, 11) is 0. The molecule has 0 spiro atoms. The molecule has 2 aliphatic rings. The van der Waals surface area contributed by atoms with E-state index in [1.165, 1.54) is 64.6 Å². The molecule has 1 aliphatic carbocycles. The summed E-state index contributed by atoms with van der Waals surface area (Å²) in [6.07, 6.45) is 9.85. The van der Waals surface area contributed by atoms with Gasteiger partial charge in [-0.05, 0) is 63.5 Å². The van der Waals surface area contributed by atoms with Crippen LogP contribution in [0.1, 0.15) is 65.7 Å². The molecule has 0 radical (unpaired) electrons. The number of piperidine rings is 1. The third-order valence-electron chi connectivity index (χ3n) is 5.52. The topological polar surface area (TPSA) is 15.3 Å². The Hall–Kier alpha value is -0.0800. The van der Waals surface area contributed by atoms with Gasteiger partial charge in [0.15, 0.2) is 0 Å². The van der Waals surface area contributed by atoms with Crippen molar-refractivity contribution in [3.05, 3.63) is 0 Å². The summed E-state index contributed by atoms with van der Waals surface area (Å²) in [6.45, 7) is 10.9. The first-order valence-corrected chi connectivity index (χ1v) is 8.68. The Kier molecular flexibility index (Phi) is 6.15.